The minimum absolute atomic E-state index is 0.0155. The van der Waals surface area contributed by atoms with E-state index in [2.05, 4.69) is 15.1 Å². The Kier molecular flexibility index (Phi) is 7.01. The Hall–Kier alpha value is -1.30. The Balaban J connectivity index is 1.46. The Bertz CT molecular complexity index is 820. The summed E-state index contributed by atoms with van der Waals surface area (Å²) in [6.07, 6.45) is 0. The predicted octanol–water partition coefficient (Wildman–Crippen LogP) is 4.71. The zero-order valence-corrected chi connectivity index (χ0v) is 17.4. The molecule has 0 radical (unpaired) electrons. The van der Waals surface area contributed by atoms with Crippen LogP contribution in [0.15, 0.2) is 36.4 Å². The van der Waals surface area contributed by atoms with Gasteiger partial charge in [0.2, 0.25) is 5.91 Å². The molecule has 0 spiro atoms. The smallest absolute Gasteiger partial charge is 0.238 e. The molecule has 1 N–H and O–H groups in total. The van der Waals surface area contributed by atoms with Gasteiger partial charge in [-0.3, -0.25) is 14.6 Å². The van der Waals surface area contributed by atoms with Gasteiger partial charge in [0.25, 0.3) is 0 Å². The van der Waals surface area contributed by atoms with Gasteiger partial charge in [0.15, 0.2) is 0 Å². The number of amides is 1. The molecule has 0 aliphatic carbocycles. The number of nitrogens with zero attached hydrogens (tertiary/aromatic N) is 2. The molecule has 1 saturated heterocycles. The van der Waals surface area contributed by atoms with Gasteiger partial charge in [-0.2, -0.15) is 0 Å². The van der Waals surface area contributed by atoms with Crippen molar-refractivity contribution < 1.29 is 4.79 Å². The highest BCUT2D eigenvalue weighted by Gasteiger charge is 2.19. The van der Waals surface area contributed by atoms with E-state index in [-0.39, 0.29) is 5.91 Å². The van der Waals surface area contributed by atoms with E-state index in [0.717, 1.165) is 49.5 Å². The van der Waals surface area contributed by atoms with E-state index in [9.17, 15) is 4.79 Å². The highest BCUT2D eigenvalue weighted by atomic mass is 35.5. The standard InChI is InChI=1S/C20H22Cl3N3O/c1-14-2-4-16(21)11-19(14)24-20(27)13-26-8-6-25(7-9-26)12-15-3-5-17(22)18(23)10-15/h2-5,10-11H,6-9,12-13H2,1H3,(H,24,27). The van der Waals surface area contributed by atoms with Crippen molar-refractivity contribution in [3.63, 3.8) is 0 Å². The Morgan fingerprint density at radius 3 is 2.37 bits per heavy atom. The van der Waals surface area contributed by atoms with Crippen molar-refractivity contribution in [1.29, 1.82) is 0 Å². The van der Waals surface area contributed by atoms with Gasteiger partial charge in [0.05, 0.1) is 16.6 Å². The number of halogens is 3. The molecule has 2 aromatic rings. The normalized spacial score (nSPS) is 15.7. The summed E-state index contributed by atoms with van der Waals surface area (Å²) in [5, 5.41) is 4.73. The molecule has 1 fully saturated rings. The third-order valence-corrected chi connectivity index (χ3v) is 5.67. The lowest BCUT2D eigenvalue weighted by Crippen LogP contribution is -2.48. The average Bonchev–Trinajstić information content (AvgIpc) is 2.63. The summed E-state index contributed by atoms with van der Waals surface area (Å²) >= 11 is 18.1. The fraction of sp³-hybridized carbons (Fsp3) is 0.350. The van der Waals surface area contributed by atoms with Crippen molar-refractivity contribution in [3.8, 4) is 0 Å². The summed E-state index contributed by atoms with van der Waals surface area (Å²) in [7, 11) is 0. The molecule has 1 heterocycles. The van der Waals surface area contributed by atoms with E-state index in [1.165, 1.54) is 0 Å². The fourth-order valence-electron chi connectivity index (χ4n) is 3.12. The lowest BCUT2D eigenvalue weighted by atomic mass is 10.2. The number of anilines is 1. The van der Waals surface area contributed by atoms with Crippen LogP contribution in [0.4, 0.5) is 5.69 Å². The molecule has 1 aliphatic heterocycles. The molecular formula is C20H22Cl3N3O. The average molecular weight is 427 g/mol. The number of piperazine rings is 1. The summed E-state index contributed by atoms with van der Waals surface area (Å²) in [5.41, 5.74) is 2.91. The van der Waals surface area contributed by atoms with Crippen LogP contribution >= 0.6 is 34.8 Å². The number of carbonyl (C=O) groups is 1. The van der Waals surface area contributed by atoms with Crippen molar-refractivity contribution in [2.75, 3.05) is 38.0 Å². The molecule has 0 unspecified atom stereocenters. The number of hydrogen-bond donors (Lipinski definition) is 1. The molecule has 7 heteroatoms. The van der Waals surface area contributed by atoms with Crippen LogP contribution in [0.25, 0.3) is 0 Å². The van der Waals surface area contributed by atoms with Gasteiger partial charge in [0, 0.05) is 43.4 Å². The molecule has 4 nitrogen and oxygen atoms in total. The Morgan fingerprint density at radius 1 is 0.963 bits per heavy atom. The Labute approximate surface area is 175 Å². The van der Waals surface area contributed by atoms with Crippen molar-refractivity contribution >= 4 is 46.4 Å². The summed E-state index contributed by atoms with van der Waals surface area (Å²) in [5.74, 6) is -0.0155. The maximum Gasteiger partial charge on any atom is 0.238 e. The summed E-state index contributed by atoms with van der Waals surface area (Å²) in [4.78, 5) is 16.9. The molecule has 3 rings (SSSR count). The minimum Gasteiger partial charge on any atom is -0.325 e. The molecular weight excluding hydrogens is 405 g/mol. The molecule has 1 amide bonds. The predicted molar refractivity (Wildman–Crippen MR) is 113 cm³/mol. The quantitative estimate of drug-likeness (QED) is 0.752. The first kappa shape index (κ1) is 20.4. The van der Waals surface area contributed by atoms with Gasteiger partial charge in [-0.25, -0.2) is 0 Å². The fourth-order valence-corrected chi connectivity index (χ4v) is 3.62. The van der Waals surface area contributed by atoms with Crippen LogP contribution in [0.5, 0.6) is 0 Å². The van der Waals surface area contributed by atoms with Gasteiger partial charge in [-0.1, -0.05) is 46.9 Å². The summed E-state index contributed by atoms with van der Waals surface area (Å²) in [6, 6.07) is 11.2. The summed E-state index contributed by atoms with van der Waals surface area (Å²) in [6.45, 7) is 6.68. The first-order valence-corrected chi connectivity index (χ1v) is 9.99. The van der Waals surface area contributed by atoms with Crippen LogP contribution < -0.4 is 5.32 Å². The van der Waals surface area contributed by atoms with Gasteiger partial charge in [-0.15, -0.1) is 0 Å². The molecule has 1 aliphatic rings. The van der Waals surface area contributed by atoms with E-state index in [1.807, 2.05) is 37.3 Å². The second kappa shape index (κ2) is 9.26. The number of aryl methyl sites for hydroxylation is 1. The van der Waals surface area contributed by atoms with Gasteiger partial charge in [-0.05, 0) is 42.3 Å². The molecule has 27 heavy (non-hydrogen) atoms. The van der Waals surface area contributed by atoms with Crippen molar-refractivity contribution in [2.24, 2.45) is 0 Å². The van der Waals surface area contributed by atoms with E-state index >= 15 is 0 Å². The lowest BCUT2D eigenvalue weighted by Gasteiger charge is -2.34. The first-order chi connectivity index (χ1) is 12.9. The number of benzene rings is 2. The van der Waals surface area contributed by atoms with E-state index < -0.39 is 0 Å². The maximum atomic E-state index is 12.3. The highest BCUT2D eigenvalue weighted by Crippen LogP contribution is 2.23. The Morgan fingerprint density at radius 2 is 1.67 bits per heavy atom. The van der Waals surface area contributed by atoms with Crippen LogP contribution in [0.1, 0.15) is 11.1 Å². The SMILES string of the molecule is Cc1ccc(Cl)cc1NC(=O)CN1CCN(Cc2ccc(Cl)c(Cl)c2)CC1. The van der Waals surface area contributed by atoms with E-state index in [1.54, 1.807) is 6.07 Å². The van der Waals surface area contributed by atoms with Crippen LogP contribution in [-0.2, 0) is 11.3 Å². The zero-order chi connectivity index (χ0) is 19.4. The van der Waals surface area contributed by atoms with E-state index in [4.69, 9.17) is 34.8 Å². The largest absolute Gasteiger partial charge is 0.325 e. The second-order valence-electron chi connectivity index (χ2n) is 6.81. The third-order valence-electron chi connectivity index (χ3n) is 4.70. The topological polar surface area (TPSA) is 35.6 Å². The monoisotopic (exact) mass is 425 g/mol. The van der Waals surface area contributed by atoms with Crippen molar-refractivity contribution in [3.05, 3.63) is 62.6 Å². The van der Waals surface area contributed by atoms with E-state index in [0.29, 0.717) is 21.6 Å². The minimum atomic E-state index is -0.0155. The molecule has 0 atom stereocenters. The lowest BCUT2D eigenvalue weighted by molar-refractivity contribution is -0.117. The van der Waals surface area contributed by atoms with Crippen LogP contribution in [0, 0.1) is 6.92 Å². The summed E-state index contributed by atoms with van der Waals surface area (Å²) < 4.78 is 0. The number of nitrogens with one attached hydrogen (secondary N) is 1. The van der Waals surface area contributed by atoms with Gasteiger partial charge < -0.3 is 5.32 Å². The van der Waals surface area contributed by atoms with Crippen molar-refractivity contribution in [2.45, 2.75) is 13.5 Å². The molecule has 2 aromatic carbocycles. The highest BCUT2D eigenvalue weighted by molar-refractivity contribution is 6.42. The van der Waals surface area contributed by atoms with Crippen molar-refractivity contribution in [1.82, 2.24) is 9.80 Å². The molecule has 0 aromatic heterocycles. The number of rotatable bonds is 5. The van der Waals surface area contributed by atoms with Crippen LogP contribution in [0.2, 0.25) is 15.1 Å². The van der Waals surface area contributed by atoms with Crippen LogP contribution in [0.3, 0.4) is 0 Å². The first-order valence-electron chi connectivity index (χ1n) is 8.85. The third kappa shape index (κ3) is 5.84. The number of hydrogen-bond acceptors (Lipinski definition) is 3. The maximum absolute atomic E-state index is 12.3. The molecule has 0 bridgehead atoms. The second-order valence-corrected chi connectivity index (χ2v) is 8.06. The van der Waals surface area contributed by atoms with Gasteiger partial charge in [0.1, 0.15) is 0 Å². The zero-order valence-electron chi connectivity index (χ0n) is 15.1. The number of carbonyl (C=O) groups excluding carboxylic acids is 1. The van der Waals surface area contributed by atoms with Gasteiger partial charge >= 0.3 is 0 Å². The van der Waals surface area contributed by atoms with Crippen LogP contribution in [-0.4, -0.2) is 48.4 Å². The molecule has 144 valence electrons. The molecule has 0 saturated carbocycles.